The first kappa shape index (κ1) is 22.9. The SMILES string of the molecule is Cc1noc(CCCNC(=O)CCc2cc(C(C)(C)C)c(O)c(C(C)(C)C)c2)n1. The van der Waals surface area contributed by atoms with Crippen molar-refractivity contribution in [2.45, 2.75) is 85.0 Å². The average Bonchev–Trinajstić information content (AvgIpc) is 3.01. The van der Waals surface area contributed by atoms with Gasteiger partial charge in [0.15, 0.2) is 5.82 Å². The molecule has 0 unspecified atom stereocenters. The van der Waals surface area contributed by atoms with Crippen LogP contribution in [0.2, 0.25) is 0 Å². The highest BCUT2D eigenvalue weighted by molar-refractivity contribution is 5.76. The number of nitrogens with one attached hydrogen (secondary N) is 1. The lowest BCUT2D eigenvalue weighted by Crippen LogP contribution is -2.25. The molecule has 0 aliphatic rings. The summed E-state index contributed by atoms with van der Waals surface area (Å²) in [6.45, 7) is 14.9. The summed E-state index contributed by atoms with van der Waals surface area (Å²) in [6, 6.07) is 4.07. The molecule has 0 aliphatic heterocycles. The number of phenolic OH excluding ortho intramolecular Hbond substituents is 1. The van der Waals surface area contributed by atoms with Gasteiger partial charge < -0.3 is 14.9 Å². The van der Waals surface area contributed by atoms with Gasteiger partial charge in [-0.05, 0) is 47.3 Å². The Balaban J connectivity index is 1.95. The number of hydrogen-bond acceptors (Lipinski definition) is 5. The second-order valence-corrected chi connectivity index (χ2v) is 9.73. The molecule has 0 atom stereocenters. The number of benzene rings is 1. The van der Waals surface area contributed by atoms with Gasteiger partial charge in [0.1, 0.15) is 5.75 Å². The minimum atomic E-state index is -0.171. The molecule has 2 aromatic rings. The molecule has 1 heterocycles. The second kappa shape index (κ2) is 8.97. The molecule has 2 N–H and O–H groups in total. The number of phenols is 1. The fourth-order valence-electron chi connectivity index (χ4n) is 3.24. The number of aromatic hydroxyl groups is 1. The quantitative estimate of drug-likeness (QED) is 0.673. The molecular weight excluding hydrogens is 366 g/mol. The number of carbonyl (C=O) groups excluding carboxylic acids is 1. The Morgan fingerprint density at radius 1 is 1.07 bits per heavy atom. The van der Waals surface area contributed by atoms with E-state index in [0.717, 1.165) is 23.1 Å². The van der Waals surface area contributed by atoms with Crippen LogP contribution in [0.1, 0.15) is 82.8 Å². The van der Waals surface area contributed by atoms with Crippen molar-refractivity contribution in [3.63, 3.8) is 0 Å². The van der Waals surface area contributed by atoms with Crippen molar-refractivity contribution in [1.29, 1.82) is 0 Å². The van der Waals surface area contributed by atoms with Gasteiger partial charge in [-0.15, -0.1) is 0 Å². The first-order valence-corrected chi connectivity index (χ1v) is 10.3. The van der Waals surface area contributed by atoms with Crippen LogP contribution in [-0.4, -0.2) is 27.7 Å². The standard InChI is InChI=1S/C23H35N3O3/c1-15-25-20(29-26-15)9-8-12-24-19(27)11-10-16-13-17(22(2,3)4)21(28)18(14-16)23(5,6)7/h13-14,28H,8-12H2,1-7H3,(H,24,27). The third kappa shape index (κ3) is 6.58. The fraction of sp³-hybridized carbons (Fsp3) is 0.609. The van der Waals surface area contributed by atoms with E-state index in [-0.39, 0.29) is 16.7 Å². The Kier molecular flexibility index (Phi) is 7.09. The van der Waals surface area contributed by atoms with Crippen LogP contribution in [0.25, 0.3) is 0 Å². The number of aryl methyl sites for hydroxylation is 3. The van der Waals surface area contributed by atoms with Crippen LogP contribution >= 0.6 is 0 Å². The van der Waals surface area contributed by atoms with Crippen LogP contribution in [-0.2, 0) is 28.5 Å². The lowest BCUT2D eigenvalue weighted by Gasteiger charge is -2.28. The molecule has 1 aromatic heterocycles. The number of carbonyl (C=O) groups is 1. The summed E-state index contributed by atoms with van der Waals surface area (Å²) in [5, 5.41) is 17.5. The Hall–Kier alpha value is -2.37. The Morgan fingerprint density at radius 2 is 1.66 bits per heavy atom. The van der Waals surface area contributed by atoms with Crippen molar-refractivity contribution in [3.8, 4) is 5.75 Å². The zero-order chi connectivity index (χ0) is 21.8. The van der Waals surface area contributed by atoms with Gasteiger partial charge in [0.2, 0.25) is 11.8 Å². The highest BCUT2D eigenvalue weighted by atomic mass is 16.5. The average molecular weight is 402 g/mol. The van der Waals surface area contributed by atoms with Crippen molar-refractivity contribution in [3.05, 3.63) is 40.5 Å². The van der Waals surface area contributed by atoms with E-state index in [0.29, 0.717) is 43.3 Å². The first-order valence-electron chi connectivity index (χ1n) is 10.3. The molecule has 0 radical (unpaired) electrons. The van der Waals surface area contributed by atoms with Crippen LogP contribution in [0, 0.1) is 6.92 Å². The van der Waals surface area contributed by atoms with Gasteiger partial charge >= 0.3 is 0 Å². The minimum Gasteiger partial charge on any atom is -0.507 e. The molecule has 29 heavy (non-hydrogen) atoms. The van der Waals surface area contributed by atoms with Crippen LogP contribution in [0.5, 0.6) is 5.75 Å². The molecule has 0 saturated heterocycles. The molecule has 0 bridgehead atoms. The van der Waals surface area contributed by atoms with Gasteiger partial charge in [0.05, 0.1) is 0 Å². The van der Waals surface area contributed by atoms with E-state index in [1.165, 1.54) is 0 Å². The third-order valence-electron chi connectivity index (χ3n) is 4.89. The van der Waals surface area contributed by atoms with E-state index < -0.39 is 0 Å². The Morgan fingerprint density at radius 3 is 2.14 bits per heavy atom. The maximum Gasteiger partial charge on any atom is 0.226 e. The largest absolute Gasteiger partial charge is 0.507 e. The molecule has 1 amide bonds. The summed E-state index contributed by atoms with van der Waals surface area (Å²) < 4.78 is 5.07. The zero-order valence-corrected chi connectivity index (χ0v) is 18.8. The summed E-state index contributed by atoms with van der Waals surface area (Å²) in [4.78, 5) is 16.4. The number of amides is 1. The van der Waals surface area contributed by atoms with Crippen molar-refractivity contribution in [1.82, 2.24) is 15.5 Å². The number of nitrogens with zero attached hydrogens (tertiary/aromatic N) is 2. The number of hydrogen-bond donors (Lipinski definition) is 2. The van der Waals surface area contributed by atoms with Crippen molar-refractivity contribution in [2.24, 2.45) is 0 Å². The van der Waals surface area contributed by atoms with Gasteiger partial charge in [0.25, 0.3) is 0 Å². The smallest absolute Gasteiger partial charge is 0.226 e. The van der Waals surface area contributed by atoms with Crippen molar-refractivity contribution >= 4 is 5.91 Å². The minimum absolute atomic E-state index is 0.0226. The van der Waals surface area contributed by atoms with E-state index in [1.54, 1.807) is 6.92 Å². The summed E-state index contributed by atoms with van der Waals surface area (Å²) in [6.07, 6.45) is 2.47. The van der Waals surface area contributed by atoms with Gasteiger partial charge in [-0.1, -0.05) is 58.8 Å². The summed E-state index contributed by atoms with van der Waals surface area (Å²) >= 11 is 0. The highest BCUT2D eigenvalue weighted by Gasteiger charge is 2.26. The molecule has 160 valence electrons. The van der Waals surface area contributed by atoms with Gasteiger partial charge in [-0.2, -0.15) is 4.98 Å². The van der Waals surface area contributed by atoms with E-state index in [2.05, 4.69) is 57.0 Å². The first-order chi connectivity index (χ1) is 13.4. The zero-order valence-electron chi connectivity index (χ0n) is 18.8. The molecule has 2 rings (SSSR count). The lowest BCUT2D eigenvalue weighted by atomic mass is 9.78. The van der Waals surface area contributed by atoms with Gasteiger partial charge in [-0.25, -0.2) is 0 Å². The van der Waals surface area contributed by atoms with E-state index in [9.17, 15) is 9.90 Å². The number of rotatable bonds is 7. The van der Waals surface area contributed by atoms with Gasteiger partial charge in [-0.3, -0.25) is 4.79 Å². The molecule has 1 aromatic carbocycles. The topological polar surface area (TPSA) is 88.2 Å². The predicted molar refractivity (Wildman–Crippen MR) is 114 cm³/mol. The summed E-state index contributed by atoms with van der Waals surface area (Å²) in [7, 11) is 0. The maximum absolute atomic E-state index is 12.3. The van der Waals surface area contributed by atoms with E-state index >= 15 is 0 Å². The third-order valence-corrected chi connectivity index (χ3v) is 4.89. The van der Waals surface area contributed by atoms with Crippen LogP contribution in [0.4, 0.5) is 0 Å². The van der Waals surface area contributed by atoms with Crippen molar-refractivity contribution in [2.75, 3.05) is 6.54 Å². The Labute approximate surface area is 174 Å². The van der Waals surface area contributed by atoms with E-state index in [4.69, 9.17) is 4.52 Å². The molecule has 0 aliphatic carbocycles. The predicted octanol–water partition coefficient (Wildman–Crippen LogP) is 4.36. The Bertz CT molecular complexity index is 807. The molecule has 6 nitrogen and oxygen atoms in total. The lowest BCUT2D eigenvalue weighted by molar-refractivity contribution is -0.121. The van der Waals surface area contributed by atoms with Crippen LogP contribution in [0.3, 0.4) is 0 Å². The normalized spacial score (nSPS) is 12.2. The molecule has 6 heteroatoms. The van der Waals surface area contributed by atoms with Crippen LogP contribution in [0.15, 0.2) is 16.7 Å². The molecular formula is C23H35N3O3. The number of aromatic nitrogens is 2. The molecule has 0 saturated carbocycles. The maximum atomic E-state index is 12.3. The monoisotopic (exact) mass is 401 g/mol. The second-order valence-electron chi connectivity index (χ2n) is 9.73. The summed E-state index contributed by atoms with van der Waals surface area (Å²) in [5.41, 5.74) is 2.59. The molecule has 0 fully saturated rings. The van der Waals surface area contributed by atoms with Crippen molar-refractivity contribution < 1.29 is 14.4 Å². The fourth-order valence-corrected chi connectivity index (χ4v) is 3.24. The highest BCUT2D eigenvalue weighted by Crippen LogP contribution is 2.39. The molecule has 0 spiro atoms. The summed E-state index contributed by atoms with van der Waals surface area (Å²) in [5.74, 6) is 1.62. The van der Waals surface area contributed by atoms with E-state index in [1.807, 2.05) is 12.1 Å². The van der Waals surface area contributed by atoms with Crippen LogP contribution < -0.4 is 5.32 Å². The van der Waals surface area contributed by atoms with Gasteiger partial charge in [0, 0.05) is 19.4 Å².